The highest BCUT2D eigenvalue weighted by Gasteiger charge is 2.36. The zero-order chi connectivity index (χ0) is 16.1. The molecule has 4 nitrogen and oxygen atoms in total. The van der Waals surface area contributed by atoms with Crippen molar-refractivity contribution >= 4 is 5.97 Å². The fourth-order valence-corrected chi connectivity index (χ4v) is 3.28. The van der Waals surface area contributed by atoms with Crippen molar-refractivity contribution in [2.45, 2.75) is 72.4 Å². The van der Waals surface area contributed by atoms with Crippen molar-refractivity contribution < 1.29 is 9.53 Å². The van der Waals surface area contributed by atoms with Crippen molar-refractivity contribution in [2.24, 2.45) is 5.41 Å². The highest BCUT2D eigenvalue weighted by atomic mass is 16.5. The molecule has 21 heavy (non-hydrogen) atoms. The minimum Gasteiger partial charge on any atom is -0.465 e. The van der Waals surface area contributed by atoms with E-state index in [-0.39, 0.29) is 12.0 Å². The summed E-state index contributed by atoms with van der Waals surface area (Å²) in [5.74, 6) is -0.130. The van der Waals surface area contributed by atoms with E-state index in [2.05, 4.69) is 37.9 Å². The number of ether oxygens (including phenoxy) is 1. The first-order chi connectivity index (χ1) is 9.68. The van der Waals surface area contributed by atoms with Crippen molar-refractivity contribution in [2.75, 3.05) is 26.2 Å². The minimum absolute atomic E-state index is 0.130. The molecule has 1 aliphatic rings. The Morgan fingerprint density at radius 3 is 2.62 bits per heavy atom. The van der Waals surface area contributed by atoms with Gasteiger partial charge in [0.1, 0.15) is 5.54 Å². The number of carbonyl (C=O) groups excluding carboxylic acids is 1. The van der Waals surface area contributed by atoms with Gasteiger partial charge in [-0.15, -0.1) is 0 Å². The largest absolute Gasteiger partial charge is 0.465 e. The summed E-state index contributed by atoms with van der Waals surface area (Å²) in [6.45, 7) is 16.3. The average molecular weight is 298 g/mol. The summed E-state index contributed by atoms with van der Waals surface area (Å²) in [7, 11) is 0. The predicted molar refractivity (Wildman–Crippen MR) is 87.4 cm³/mol. The van der Waals surface area contributed by atoms with E-state index < -0.39 is 5.54 Å². The van der Waals surface area contributed by atoms with E-state index in [1.54, 1.807) is 0 Å². The first kappa shape index (κ1) is 18.4. The van der Waals surface area contributed by atoms with Gasteiger partial charge in [-0.05, 0) is 58.9 Å². The molecule has 0 radical (unpaired) electrons. The second kappa shape index (κ2) is 7.59. The van der Waals surface area contributed by atoms with Crippen LogP contribution in [0.15, 0.2) is 0 Å². The molecule has 1 N–H and O–H groups in total. The minimum atomic E-state index is -0.592. The van der Waals surface area contributed by atoms with Crippen LogP contribution in [0.4, 0.5) is 0 Å². The molecule has 1 unspecified atom stereocenters. The van der Waals surface area contributed by atoms with Gasteiger partial charge in [0.05, 0.1) is 6.61 Å². The van der Waals surface area contributed by atoms with Gasteiger partial charge in [0.25, 0.3) is 0 Å². The molecule has 0 aromatic heterocycles. The van der Waals surface area contributed by atoms with Crippen molar-refractivity contribution in [3.05, 3.63) is 0 Å². The second-order valence-electron chi connectivity index (χ2n) is 7.65. The number of likely N-dealkylation sites (tertiary alicyclic amines) is 1. The molecule has 0 amide bonds. The summed E-state index contributed by atoms with van der Waals surface area (Å²) in [5.41, 5.74) is -0.199. The van der Waals surface area contributed by atoms with Crippen molar-refractivity contribution in [1.29, 1.82) is 0 Å². The number of carbonyl (C=O) groups is 1. The Morgan fingerprint density at radius 1 is 1.43 bits per heavy atom. The lowest BCUT2D eigenvalue weighted by molar-refractivity contribution is -0.151. The number of nitrogens with zero attached hydrogens (tertiary/aromatic N) is 1. The molecule has 0 aromatic rings. The Bertz CT molecular complexity index is 342. The van der Waals surface area contributed by atoms with Crippen LogP contribution < -0.4 is 5.32 Å². The Hall–Kier alpha value is -0.610. The molecule has 0 bridgehead atoms. The summed E-state index contributed by atoms with van der Waals surface area (Å²) in [6, 6.07) is 0.261. The van der Waals surface area contributed by atoms with Gasteiger partial charge in [0.2, 0.25) is 0 Å². The lowest BCUT2D eigenvalue weighted by Gasteiger charge is -2.40. The Morgan fingerprint density at radius 2 is 2.10 bits per heavy atom. The fourth-order valence-electron chi connectivity index (χ4n) is 3.28. The summed E-state index contributed by atoms with van der Waals surface area (Å²) < 4.78 is 5.27. The van der Waals surface area contributed by atoms with Crippen LogP contribution in [0.1, 0.15) is 60.8 Å². The maximum atomic E-state index is 12.3. The van der Waals surface area contributed by atoms with E-state index in [1.807, 2.05) is 13.8 Å². The molecule has 1 heterocycles. The van der Waals surface area contributed by atoms with E-state index in [4.69, 9.17) is 4.74 Å². The van der Waals surface area contributed by atoms with Crippen LogP contribution in [0.3, 0.4) is 0 Å². The molecule has 0 aliphatic carbocycles. The molecule has 0 saturated carbocycles. The van der Waals surface area contributed by atoms with Gasteiger partial charge in [-0.25, -0.2) is 0 Å². The van der Waals surface area contributed by atoms with Crippen LogP contribution in [-0.4, -0.2) is 48.7 Å². The Kier molecular flexibility index (Phi) is 6.67. The monoisotopic (exact) mass is 298 g/mol. The number of esters is 1. The third kappa shape index (κ3) is 5.95. The van der Waals surface area contributed by atoms with Crippen LogP contribution in [-0.2, 0) is 9.53 Å². The van der Waals surface area contributed by atoms with Crippen LogP contribution in [0.2, 0.25) is 0 Å². The highest BCUT2D eigenvalue weighted by molar-refractivity contribution is 5.80. The van der Waals surface area contributed by atoms with Crippen molar-refractivity contribution in [1.82, 2.24) is 10.2 Å². The number of hydrogen-bond acceptors (Lipinski definition) is 4. The van der Waals surface area contributed by atoms with Gasteiger partial charge in [-0.2, -0.15) is 0 Å². The van der Waals surface area contributed by atoms with Crippen molar-refractivity contribution in [3.8, 4) is 0 Å². The van der Waals surface area contributed by atoms with Crippen LogP contribution >= 0.6 is 0 Å². The van der Waals surface area contributed by atoms with E-state index >= 15 is 0 Å². The third-order valence-electron chi connectivity index (χ3n) is 4.24. The fraction of sp³-hybridized carbons (Fsp3) is 0.941. The molecular weight excluding hydrogens is 264 g/mol. The third-order valence-corrected chi connectivity index (χ3v) is 4.24. The zero-order valence-electron chi connectivity index (χ0n) is 14.8. The molecule has 1 atom stereocenters. The van der Waals surface area contributed by atoms with Gasteiger partial charge >= 0.3 is 5.97 Å². The summed E-state index contributed by atoms with van der Waals surface area (Å²) >= 11 is 0. The predicted octanol–water partition coefficient (Wildman–Crippen LogP) is 2.82. The van der Waals surface area contributed by atoms with E-state index in [0.717, 1.165) is 26.1 Å². The quantitative estimate of drug-likeness (QED) is 0.734. The second-order valence-corrected chi connectivity index (χ2v) is 7.65. The molecule has 1 fully saturated rings. The molecule has 1 saturated heterocycles. The Balaban J connectivity index is 2.62. The molecule has 124 valence electrons. The normalized spacial score (nSPS) is 22.0. The SMILES string of the molecule is CCOC(=O)C(C)(CCN1CCCC(C)(C)C1)NC(C)C. The van der Waals surface area contributed by atoms with E-state index in [0.29, 0.717) is 12.0 Å². The van der Waals surface area contributed by atoms with Gasteiger partial charge in [-0.1, -0.05) is 13.8 Å². The summed E-state index contributed by atoms with van der Waals surface area (Å²) in [5, 5.41) is 3.40. The molecular formula is C17H34N2O2. The van der Waals surface area contributed by atoms with Crippen LogP contribution in [0.5, 0.6) is 0 Å². The summed E-state index contributed by atoms with van der Waals surface area (Å²) in [6.07, 6.45) is 3.34. The van der Waals surface area contributed by atoms with Gasteiger partial charge in [0, 0.05) is 19.1 Å². The standard InChI is InChI=1S/C17H34N2O2/c1-7-21-15(20)17(6,18-14(2)3)10-12-19-11-8-9-16(4,5)13-19/h14,18H,7-13H2,1-6H3. The molecule has 4 heteroatoms. The topological polar surface area (TPSA) is 41.6 Å². The Labute approximate surface area is 130 Å². The number of nitrogens with one attached hydrogen (secondary N) is 1. The van der Waals surface area contributed by atoms with Gasteiger partial charge in [-0.3, -0.25) is 10.1 Å². The first-order valence-electron chi connectivity index (χ1n) is 8.36. The van der Waals surface area contributed by atoms with E-state index in [1.165, 1.54) is 12.8 Å². The molecule has 0 aromatic carbocycles. The number of piperidine rings is 1. The van der Waals surface area contributed by atoms with E-state index in [9.17, 15) is 4.79 Å². The maximum absolute atomic E-state index is 12.3. The molecule has 1 aliphatic heterocycles. The average Bonchev–Trinajstić information content (AvgIpc) is 2.35. The van der Waals surface area contributed by atoms with Crippen molar-refractivity contribution in [3.63, 3.8) is 0 Å². The molecule has 1 rings (SSSR count). The smallest absolute Gasteiger partial charge is 0.326 e. The van der Waals surface area contributed by atoms with Gasteiger partial charge < -0.3 is 9.64 Å². The highest BCUT2D eigenvalue weighted by Crippen LogP contribution is 2.29. The van der Waals surface area contributed by atoms with Crippen LogP contribution in [0, 0.1) is 5.41 Å². The lowest BCUT2D eigenvalue weighted by atomic mass is 9.84. The van der Waals surface area contributed by atoms with Gasteiger partial charge in [0.15, 0.2) is 0 Å². The maximum Gasteiger partial charge on any atom is 0.326 e. The summed E-state index contributed by atoms with van der Waals surface area (Å²) in [4.78, 5) is 14.8. The first-order valence-corrected chi connectivity index (χ1v) is 8.36. The number of rotatable bonds is 7. The zero-order valence-corrected chi connectivity index (χ0v) is 14.8. The lowest BCUT2D eigenvalue weighted by Crippen LogP contribution is -2.55. The number of hydrogen-bond donors (Lipinski definition) is 1. The van der Waals surface area contributed by atoms with Crippen LogP contribution in [0.25, 0.3) is 0 Å². The molecule has 0 spiro atoms.